The van der Waals surface area contributed by atoms with Crippen LogP contribution in [-0.2, 0) is 11.3 Å². The topological polar surface area (TPSA) is 36.3 Å². The second-order valence-corrected chi connectivity index (χ2v) is 5.84. The fourth-order valence-corrected chi connectivity index (χ4v) is 2.82. The minimum Gasteiger partial charge on any atom is -0.494 e. The number of nitrogens with zero attached hydrogens (tertiary/aromatic N) is 2. The smallest absolute Gasteiger partial charge is 0.165 e. The van der Waals surface area contributed by atoms with Crippen molar-refractivity contribution >= 4 is 0 Å². The lowest BCUT2D eigenvalue weighted by atomic mass is 9.99. The SMILES string of the molecule is COc1ccc(-c2ccccc2-c2nccn2CC(C)OC)cc1F. The third-order valence-electron chi connectivity index (χ3n) is 4.20. The van der Waals surface area contributed by atoms with Gasteiger partial charge in [-0.25, -0.2) is 9.37 Å². The minimum atomic E-state index is -0.383. The molecule has 0 aliphatic rings. The number of methoxy groups -OCH3 is 2. The maximum atomic E-state index is 14.1. The fourth-order valence-electron chi connectivity index (χ4n) is 2.82. The van der Waals surface area contributed by atoms with E-state index in [1.807, 2.05) is 48.0 Å². The zero-order chi connectivity index (χ0) is 17.8. The molecule has 0 N–H and O–H groups in total. The minimum absolute atomic E-state index is 0.0681. The molecule has 25 heavy (non-hydrogen) atoms. The van der Waals surface area contributed by atoms with Crippen molar-refractivity contribution in [1.29, 1.82) is 0 Å². The van der Waals surface area contributed by atoms with Crippen LogP contribution in [0.3, 0.4) is 0 Å². The van der Waals surface area contributed by atoms with Gasteiger partial charge in [0.2, 0.25) is 0 Å². The molecule has 130 valence electrons. The van der Waals surface area contributed by atoms with Crippen LogP contribution in [0.5, 0.6) is 5.75 Å². The summed E-state index contributed by atoms with van der Waals surface area (Å²) in [6.45, 7) is 2.70. The first kappa shape index (κ1) is 17.2. The maximum absolute atomic E-state index is 14.1. The lowest BCUT2D eigenvalue weighted by Gasteiger charge is -2.15. The Bertz CT molecular complexity index is 860. The molecule has 0 aliphatic carbocycles. The molecule has 0 fully saturated rings. The molecule has 5 heteroatoms. The van der Waals surface area contributed by atoms with E-state index in [-0.39, 0.29) is 17.7 Å². The van der Waals surface area contributed by atoms with Gasteiger partial charge in [-0.3, -0.25) is 0 Å². The Kier molecular flexibility index (Phi) is 5.14. The number of aromatic nitrogens is 2. The average molecular weight is 340 g/mol. The van der Waals surface area contributed by atoms with Gasteiger partial charge in [-0.2, -0.15) is 0 Å². The Hall–Kier alpha value is -2.66. The number of imidazole rings is 1. The van der Waals surface area contributed by atoms with Crippen LogP contribution in [0.15, 0.2) is 54.9 Å². The normalized spacial score (nSPS) is 12.2. The predicted octanol–water partition coefficient (Wildman–Crippen LogP) is 4.40. The van der Waals surface area contributed by atoms with Crippen LogP contribution in [-0.4, -0.2) is 29.9 Å². The number of ether oxygens (including phenoxy) is 2. The van der Waals surface area contributed by atoms with Crippen molar-refractivity contribution in [2.75, 3.05) is 14.2 Å². The lowest BCUT2D eigenvalue weighted by Crippen LogP contribution is -2.15. The van der Waals surface area contributed by atoms with Crippen molar-refractivity contribution in [1.82, 2.24) is 9.55 Å². The highest BCUT2D eigenvalue weighted by molar-refractivity contribution is 5.81. The maximum Gasteiger partial charge on any atom is 0.165 e. The van der Waals surface area contributed by atoms with Gasteiger partial charge >= 0.3 is 0 Å². The highest BCUT2D eigenvalue weighted by Crippen LogP contribution is 2.33. The van der Waals surface area contributed by atoms with Gasteiger partial charge < -0.3 is 14.0 Å². The summed E-state index contributed by atoms with van der Waals surface area (Å²) in [5, 5.41) is 0. The van der Waals surface area contributed by atoms with Gasteiger partial charge in [0.05, 0.1) is 19.8 Å². The first-order valence-electron chi connectivity index (χ1n) is 8.11. The van der Waals surface area contributed by atoms with Crippen LogP contribution in [0.1, 0.15) is 6.92 Å². The van der Waals surface area contributed by atoms with E-state index in [2.05, 4.69) is 4.98 Å². The molecule has 0 radical (unpaired) electrons. The molecule has 0 saturated heterocycles. The summed E-state index contributed by atoms with van der Waals surface area (Å²) < 4.78 is 26.6. The highest BCUT2D eigenvalue weighted by Gasteiger charge is 2.14. The van der Waals surface area contributed by atoms with Crippen LogP contribution in [0, 0.1) is 5.82 Å². The molecule has 1 aromatic heterocycles. The molecule has 1 unspecified atom stereocenters. The molecule has 0 saturated carbocycles. The molecule has 3 rings (SSSR count). The van der Waals surface area contributed by atoms with E-state index < -0.39 is 0 Å². The Morgan fingerprint density at radius 2 is 1.88 bits per heavy atom. The Labute approximate surface area is 146 Å². The molecular weight excluding hydrogens is 319 g/mol. The average Bonchev–Trinajstić information content (AvgIpc) is 3.09. The summed E-state index contributed by atoms with van der Waals surface area (Å²) >= 11 is 0. The van der Waals surface area contributed by atoms with Crippen molar-refractivity contribution in [2.45, 2.75) is 19.6 Å². The van der Waals surface area contributed by atoms with Gasteiger partial charge in [0, 0.05) is 25.1 Å². The van der Waals surface area contributed by atoms with Gasteiger partial charge in [0.1, 0.15) is 5.82 Å². The van der Waals surface area contributed by atoms with E-state index in [1.165, 1.54) is 13.2 Å². The lowest BCUT2D eigenvalue weighted by molar-refractivity contribution is 0.103. The molecule has 1 heterocycles. The number of rotatable bonds is 6. The monoisotopic (exact) mass is 340 g/mol. The summed E-state index contributed by atoms with van der Waals surface area (Å²) in [5.74, 6) is 0.679. The molecule has 4 nitrogen and oxygen atoms in total. The number of hydrogen-bond donors (Lipinski definition) is 0. The standard InChI is InChI=1S/C20H21FN2O2/c1-14(24-2)13-23-11-10-22-20(23)17-7-5-4-6-16(17)15-8-9-19(25-3)18(21)12-15/h4-12,14H,13H2,1-3H3. The van der Waals surface area contributed by atoms with Crippen LogP contribution in [0.4, 0.5) is 4.39 Å². The highest BCUT2D eigenvalue weighted by atomic mass is 19.1. The zero-order valence-corrected chi connectivity index (χ0v) is 14.6. The quantitative estimate of drug-likeness (QED) is 0.667. The second-order valence-electron chi connectivity index (χ2n) is 5.84. The molecule has 0 amide bonds. The van der Waals surface area contributed by atoms with E-state index in [9.17, 15) is 4.39 Å². The van der Waals surface area contributed by atoms with Crippen molar-refractivity contribution < 1.29 is 13.9 Å². The van der Waals surface area contributed by atoms with Crippen LogP contribution >= 0.6 is 0 Å². The molecule has 1 atom stereocenters. The summed E-state index contributed by atoms with van der Waals surface area (Å²) in [6, 6.07) is 12.8. The van der Waals surface area contributed by atoms with E-state index >= 15 is 0 Å². The molecular formula is C20H21FN2O2. The van der Waals surface area contributed by atoms with Gasteiger partial charge in [-0.05, 0) is 30.2 Å². The van der Waals surface area contributed by atoms with E-state index in [4.69, 9.17) is 9.47 Å². The van der Waals surface area contributed by atoms with E-state index in [1.54, 1.807) is 19.4 Å². The van der Waals surface area contributed by atoms with Crippen LogP contribution in [0.2, 0.25) is 0 Å². The number of hydrogen-bond acceptors (Lipinski definition) is 3. The van der Waals surface area contributed by atoms with Gasteiger partial charge in [0.25, 0.3) is 0 Å². The number of halogens is 1. The van der Waals surface area contributed by atoms with Crippen molar-refractivity contribution in [3.05, 3.63) is 60.7 Å². The van der Waals surface area contributed by atoms with Crippen molar-refractivity contribution in [3.63, 3.8) is 0 Å². The van der Waals surface area contributed by atoms with E-state index in [0.29, 0.717) is 6.54 Å². The molecule has 0 aliphatic heterocycles. The van der Waals surface area contributed by atoms with Gasteiger partial charge in [-0.1, -0.05) is 30.3 Å². The Morgan fingerprint density at radius 1 is 1.12 bits per heavy atom. The third kappa shape index (κ3) is 3.56. The number of benzene rings is 2. The molecule has 0 bridgehead atoms. The Balaban J connectivity index is 2.06. The first-order chi connectivity index (χ1) is 12.1. The summed E-state index contributed by atoms with van der Waals surface area (Å²) in [7, 11) is 3.15. The van der Waals surface area contributed by atoms with E-state index in [0.717, 1.165) is 22.5 Å². The largest absolute Gasteiger partial charge is 0.494 e. The van der Waals surface area contributed by atoms with Crippen molar-refractivity contribution in [3.8, 4) is 28.3 Å². The summed E-state index contributed by atoms with van der Waals surface area (Å²) in [4.78, 5) is 4.51. The second kappa shape index (κ2) is 7.49. The van der Waals surface area contributed by atoms with Gasteiger partial charge in [-0.15, -0.1) is 0 Å². The van der Waals surface area contributed by atoms with Crippen molar-refractivity contribution in [2.24, 2.45) is 0 Å². The van der Waals surface area contributed by atoms with Gasteiger partial charge in [0.15, 0.2) is 11.6 Å². The Morgan fingerprint density at radius 3 is 2.56 bits per heavy atom. The summed E-state index contributed by atoms with van der Waals surface area (Å²) in [5.41, 5.74) is 2.64. The summed E-state index contributed by atoms with van der Waals surface area (Å²) in [6.07, 6.45) is 3.76. The molecule has 0 spiro atoms. The van der Waals surface area contributed by atoms with Crippen LogP contribution < -0.4 is 4.74 Å². The first-order valence-corrected chi connectivity index (χ1v) is 8.11. The fraction of sp³-hybridized carbons (Fsp3) is 0.250. The molecule has 3 aromatic rings. The predicted molar refractivity (Wildman–Crippen MR) is 96.1 cm³/mol. The zero-order valence-electron chi connectivity index (χ0n) is 14.6. The third-order valence-corrected chi connectivity index (χ3v) is 4.20. The molecule has 2 aromatic carbocycles. The van der Waals surface area contributed by atoms with Crippen LogP contribution in [0.25, 0.3) is 22.5 Å².